The highest BCUT2D eigenvalue weighted by Gasteiger charge is 2.18. The minimum absolute atomic E-state index is 0.130. The average Bonchev–Trinajstić information content (AvgIpc) is 2.78. The first-order valence-corrected chi connectivity index (χ1v) is 10.6. The van der Waals surface area contributed by atoms with Crippen molar-refractivity contribution in [1.29, 1.82) is 0 Å². The summed E-state index contributed by atoms with van der Waals surface area (Å²) in [5.74, 6) is 0.756. The maximum Gasteiger partial charge on any atom is 0.295 e. The molecule has 0 radical (unpaired) electrons. The van der Waals surface area contributed by atoms with Gasteiger partial charge in [0.05, 0.1) is 24.7 Å². The number of ether oxygens (including phenoxy) is 1. The molecule has 0 aliphatic carbocycles. The summed E-state index contributed by atoms with van der Waals surface area (Å²) in [6.45, 7) is 0. The van der Waals surface area contributed by atoms with E-state index in [4.69, 9.17) is 10.5 Å². The van der Waals surface area contributed by atoms with Crippen LogP contribution in [0.25, 0.3) is 22.0 Å². The third-order valence-corrected chi connectivity index (χ3v) is 5.60. The van der Waals surface area contributed by atoms with Gasteiger partial charge in [0.2, 0.25) is 0 Å². The van der Waals surface area contributed by atoms with Crippen LogP contribution in [0, 0.1) is 0 Å². The normalized spacial score (nSPS) is 11.8. The number of rotatable bonds is 5. The van der Waals surface area contributed by atoms with E-state index >= 15 is 0 Å². The number of hydrogen-bond donors (Lipinski definition) is 2. The second kappa shape index (κ2) is 8.13. The van der Waals surface area contributed by atoms with Crippen molar-refractivity contribution in [3.8, 4) is 17.0 Å². The summed E-state index contributed by atoms with van der Waals surface area (Å²) in [5.41, 5.74) is 8.68. The van der Waals surface area contributed by atoms with Crippen molar-refractivity contribution in [2.45, 2.75) is 4.90 Å². The molecule has 0 amide bonds. The number of pyridine rings is 1. The molecule has 4 rings (SSSR count). The number of fused-ring (bicyclic) bond motifs is 1. The predicted molar refractivity (Wildman–Crippen MR) is 119 cm³/mol. The number of benzene rings is 3. The van der Waals surface area contributed by atoms with E-state index in [0.717, 1.165) is 17.0 Å². The van der Waals surface area contributed by atoms with Crippen molar-refractivity contribution in [3.05, 3.63) is 72.9 Å². The van der Waals surface area contributed by atoms with E-state index in [1.807, 2.05) is 24.3 Å². The predicted octanol–water partition coefficient (Wildman–Crippen LogP) is 5.15. The Morgan fingerprint density at radius 3 is 2.29 bits per heavy atom. The molecular formula is C22H18N4O4S. The highest BCUT2D eigenvalue weighted by molar-refractivity contribution is 7.86. The number of nitrogens with two attached hydrogens (primary N) is 1. The summed E-state index contributed by atoms with van der Waals surface area (Å²) in [7, 11) is -2.87. The Bertz CT molecular complexity index is 1380. The Balaban J connectivity index is 1.67. The van der Waals surface area contributed by atoms with Crippen molar-refractivity contribution in [1.82, 2.24) is 4.98 Å². The molecule has 0 spiro atoms. The standard InChI is InChI=1S/C22H18N4O4S/c1-30-16-9-6-14(7-10-16)19-11-8-15(13-24-19)25-26-20-12-21(31(27,28)29)17-4-2-3-5-18(17)22(20)23/h2-13H,23H2,1H3,(H,27,28,29). The summed E-state index contributed by atoms with van der Waals surface area (Å²) in [6, 6.07) is 18.8. The molecule has 1 aromatic heterocycles. The van der Waals surface area contributed by atoms with E-state index in [1.165, 1.54) is 6.07 Å². The number of hydrogen-bond acceptors (Lipinski definition) is 7. The first kappa shape index (κ1) is 20.5. The first-order valence-electron chi connectivity index (χ1n) is 9.18. The van der Waals surface area contributed by atoms with Crippen molar-refractivity contribution in [2.24, 2.45) is 10.2 Å². The van der Waals surface area contributed by atoms with Crippen LogP contribution in [0.4, 0.5) is 17.1 Å². The molecule has 31 heavy (non-hydrogen) atoms. The lowest BCUT2D eigenvalue weighted by Crippen LogP contribution is -2.01. The van der Waals surface area contributed by atoms with Crippen LogP contribution >= 0.6 is 0 Å². The molecule has 0 aliphatic heterocycles. The molecule has 156 valence electrons. The Labute approximate surface area is 178 Å². The Hall–Kier alpha value is -3.82. The van der Waals surface area contributed by atoms with Crippen LogP contribution in [-0.4, -0.2) is 25.1 Å². The highest BCUT2D eigenvalue weighted by Crippen LogP contribution is 2.36. The number of azo groups is 1. The van der Waals surface area contributed by atoms with Crippen molar-refractivity contribution >= 4 is 38.0 Å². The van der Waals surface area contributed by atoms with Gasteiger partial charge in [-0.1, -0.05) is 24.3 Å². The summed E-state index contributed by atoms with van der Waals surface area (Å²) < 4.78 is 38.4. The lowest BCUT2D eigenvalue weighted by Gasteiger charge is -2.09. The van der Waals surface area contributed by atoms with Crippen LogP contribution in [0.15, 0.2) is 88.1 Å². The maximum absolute atomic E-state index is 11.8. The molecule has 8 nitrogen and oxygen atoms in total. The van der Waals surface area contributed by atoms with Gasteiger partial charge in [0.15, 0.2) is 0 Å². The molecular weight excluding hydrogens is 416 g/mol. The molecule has 1 heterocycles. The lowest BCUT2D eigenvalue weighted by atomic mass is 10.1. The Kier molecular flexibility index (Phi) is 5.37. The fourth-order valence-electron chi connectivity index (χ4n) is 3.14. The molecule has 0 saturated heterocycles. The van der Waals surface area contributed by atoms with E-state index in [2.05, 4.69) is 15.2 Å². The Morgan fingerprint density at radius 1 is 0.968 bits per heavy atom. The van der Waals surface area contributed by atoms with Crippen molar-refractivity contribution < 1.29 is 17.7 Å². The monoisotopic (exact) mass is 434 g/mol. The summed E-state index contributed by atoms with van der Waals surface area (Å²) in [5, 5.41) is 8.98. The van der Waals surface area contributed by atoms with Gasteiger partial charge < -0.3 is 10.5 Å². The number of nitrogen functional groups attached to an aromatic ring is 1. The molecule has 0 atom stereocenters. The van der Waals surface area contributed by atoms with Gasteiger partial charge in [0.25, 0.3) is 10.1 Å². The van der Waals surface area contributed by atoms with E-state index in [-0.39, 0.29) is 16.3 Å². The maximum atomic E-state index is 11.8. The largest absolute Gasteiger partial charge is 0.497 e. The number of anilines is 1. The van der Waals surface area contributed by atoms with Crippen LogP contribution in [0.1, 0.15) is 0 Å². The van der Waals surface area contributed by atoms with Gasteiger partial charge in [-0.05, 0) is 42.5 Å². The number of aromatic nitrogens is 1. The van der Waals surface area contributed by atoms with Gasteiger partial charge in [-0.2, -0.15) is 8.42 Å². The van der Waals surface area contributed by atoms with Crippen LogP contribution < -0.4 is 10.5 Å². The number of methoxy groups -OCH3 is 1. The minimum Gasteiger partial charge on any atom is -0.497 e. The molecule has 3 aromatic carbocycles. The van der Waals surface area contributed by atoms with E-state index in [1.54, 1.807) is 49.7 Å². The van der Waals surface area contributed by atoms with E-state index in [0.29, 0.717) is 16.5 Å². The van der Waals surface area contributed by atoms with Crippen molar-refractivity contribution in [2.75, 3.05) is 12.8 Å². The minimum atomic E-state index is -4.47. The summed E-state index contributed by atoms with van der Waals surface area (Å²) in [4.78, 5) is 4.11. The third kappa shape index (κ3) is 4.23. The van der Waals surface area contributed by atoms with Crippen LogP contribution in [0.2, 0.25) is 0 Å². The van der Waals surface area contributed by atoms with Gasteiger partial charge in [-0.15, -0.1) is 10.2 Å². The second-order valence-electron chi connectivity index (χ2n) is 6.66. The lowest BCUT2D eigenvalue weighted by molar-refractivity contribution is 0.415. The molecule has 0 aliphatic rings. The van der Waals surface area contributed by atoms with E-state index < -0.39 is 10.1 Å². The zero-order chi connectivity index (χ0) is 22.0. The topological polar surface area (TPSA) is 127 Å². The second-order valence-corrected chi connectivity index (χ2v) is 8.05. The van der Waals surface area contributed by atoms with Crippen molar-refractivity contribution in [3.63, 3.8) is 0 Å². The molecule has 3 N–H and O–H groups in total. The van der Waals surface area contributed by atoms with Gasteiger partial charge in [0, 0.05) is 16.3 Å². The summed E-state index contributed by atoms with van der Waals surface area (Å²) >= 11 is 0. The fraction of sp³-hybridized carbons (Fsp3) is 0.0455. The molecule has 0 fully saturated rings. The fourth-order valence-corrected chi connectivity index (χ4v) is 3.85. The quantitative estimate of drug-likeness (QED) is 0.254. The van der Waals surface area contributed by atoms with Gasteiger partial charge >= 0.3 is 0 Å². The van der Waals surface area contributed by atoms with Gasteiger partial charge in [-0.25, -0.2) is 0 Å². The molecule has 0 unspecified atom stereocenters. The zero-order valence-electron chi connectivity index (χ0n) is 16.4. The van der Waals surface area contributed by atoms with Gasteiger partial charge in [0.1, 0.15) is 22.0 Å². The summed E-state index contributed by atoms with van der Waals surface area (Å²) in [6.07, 6.45) is 1.55. The average molecular weight is 434 g/mol. The smallest absolute Gasteiger partial charge is 0.295 e. The van der Waals surface area contributed by atoms with Crippen LogP contribution in [0.5, 0.6) is 5.75 Å². The highest BCUT2D eigenvalue weighted by atomic mass is 32.2. The van der Waals surface area contributed by atoms with E-state index in [9.17, 15) is 13.0 Å². The third-order valence-electron chi connectivity index (χ3n) is 4.71. The molecule has 4 aromatic rings. The van der Waals surface area contributed by atoms with Crippen LogP contribution in [-0.2, 0) is 10.1 Å². The molecule has 0 bridgehead atoms. The Morgan fingerprint density at radius 2 is 1.68 bits per heavy atom. The van der Waals surface area contributed by atoms with Gasteiger partial charge in [-0.3, -0.25) is 9.54 Å². The first-order chi connectivity index (χ1) is 14.9. The SMILES string of the molecule is COc1ccc(-c2ccc(N=Nc3cc(S(=O)(=O)O)c4ccccc4c3N)cn2)cc1. The zero-order valence-corrected chi connectivity index (χ0v) is 17.2. The number of nitrogens with zero attached hydrogens (tertiary/aromatic N) is 3. The molecule has 0 saturated carbocycles. The van der Waals surface area contributed by atoms with Crippen LogP contribution in [0.3, 0.4) is 0 Å². The molecule has 9 heteroatoms.